The van der Waals surface area contributed by atoms with Crippen LogP contribution in [0.4, 0.5) is 11.4 Å². The highest BCUT2D eigenvalue weighted by molar-refractivity contribution is 8.00. The van der Waals surface area contributed by atoms with Crippen LogP contribution in [0.25, 0.3) is 0 Å². The molecule has 4 N–H and O–H groups in total. The zero-order chi connectivity index (χ0) is 15.9. The Hall–Kier alpha value is -1.77. The predicted molar refractivity (Wildman–Crippen MR) is 97.9 cm³/mol. The van der Waals surface area contributed by atoms with Gasteiger partial charge in [-0.1, -0.05) is 54.2 Å². The summed E-state index contributed by atoms with van der Waals surface area (Å²) in [5.41, 5.74) is 14.5. The highest BCUT2D eigenvalue weighted by Crippen LogP contribution is 2.39. The number of hydrazine groups is 2. The highest BCUT2D eigenvalue weighted by atomic mass is 32.2. The van der Waals surface area contributed by atoms with E-state index in [1.807, 2.05) is 11.8 Å². The molecule has 0 aliphatic carbocycles. The molecule has 0 spiro atoms. The average molecular weight is 340 g/mol. The number of anilines is 2. The minimum atomic E-state index is 0.212. The molecule has 0 aromatic heterocycles. The monoisotopic (exact) mass is 340 g/mol. The molecule has 3 atom stereocenters. The third-order valence-corrected chi connectivity index (χ3v) is 5.95. The van der Waals surface area contributed by atoms with Gasteiger partial charge in [-0.25, -0.2) is 16.3 Å². The molecule has 5 rings (SSSR count). The standard InChI is InChI=1S/C17H20N6S/c1-2-6-12(7-3-1)16-21-23-15(19-20-17(23)24-16)10-22-11-18-13-8-4-5-9-14(13)22/h1-9,15-21H,10-11H2. The lowest BCUT2D eigenvalue weighted by atomic mass is 10.2. The molecular weight excluding hydrogens is 320 g/mol. The zero-order valence-electron chi connectivity index (χ0n) is 13.1. The molecule has 0 bridgehead atoms. The largest absolute Gasteiger partial charge is 0.366 e. The number of rotatable bonds is 3. The number of hydrogen-bond donors (Lipinski definition) is 4. The van der Waals surface area contributed by atoms with E-state index in [1.165, 1.54) is 16.9 Å². The lowest BCUT2D eigenvalue weighted by molar-refractivity contribution is 0.162. The first-order chi connectivity index (χ1) is 11.9. The Kier molecular flexibility index (Phi) is 3.61. The maximum Gasteiger partial charge on any atom is 0.137 e. The van der Waals surface area contributed by atoms with Crippen molar-refractivity contribution < 1.29 is 0 Å². The van der Waals surface area contributed by atoms with E-state index in [2.05, 4.69) is 86.1 Å². The van der Waals surface area contributed by atoms with Gasteiger partial charge in [0.15, 0.2) is 0 Å². The van der Waals surface area contributed by atoms with Gasteiger partial charge in [0.05, 0.1) is 30.0 Å². The normalized spacial score (nSPS) is 28.7. The summed E-state index contributed by atoms with van der Waals surface area (Å²) in [6.07, 6.45) is 0.212. The minimum Gasteiger partial charge on any atom is -0.366 e. The Balaban J connectivity index is 1.29. The molecule has 24 heavy (non-hydrogen) atoms. The number of benzene rings is 2. The average Bonchev–Trinajstić information content (AvgIpc) is 3.32. The molecule has 6 nitrogen and oxygen atoms in total. The van der Waals surface area contributed by atoms with Crippen LogP contribution in [0.2, 0.25) is 0 Å². The first-order valence-corrected chi connectivity index (χ1v) is 9.16. The fourth-order valence-corrected chi connectivity index (χ4v) is 4.70. The summed E-state index contributed by atoms with van der Waals surface area (Å²) in [7, 11) is 0. The van der Waals surface area contributed by atoms with Gasteiger partial charge in [-0.15, -0.1) is 0 Å². The summed E-state index contributed by atoms with van der Waals surface area (Å²) < 4.78 is 0. The first kappa shape index (κ1) is 14.6. The molecule has 0 amide bonds. The van der Waals surface area contributed by atoms with E-state index in [0.29, 0.717) is 0 Å². The molecule has 124 valence electrons. The number of nitrogens with zero attached hydrogens (tertiary/aromatic N) is 2. The summed E-state index contributed by atoms with van der Waals surface area (Å²) in [5, 5.41) is 6.04. The van der Waals surface area contributed by atoms with E-state index in [1.54, 1.807) is 0 Å². The topological polar surface area (TPSA) is 54.6 Å². The molecule has 3 aliphatic heterocycles. The smallest absolute Gasteiger partial charge is 0.137 e. The second-order valence-electron chi connectivity index (χ2n) is 6.19. The van der Waals surface area contributed by atoms with E-state index in [4.69, 9.17) is 0 Å². The SMILES string of the molecule is c1ccc(C2NN3C(CN4CNc5ccccc54)NNC3S2)cc1. The van der Waals surface area contributed by atoms with Crippen molar-refractivity contribution in [2.24, 2.45) is 0 Å². The van der Waals surface area contributed by atoms with Crippen LogP contribution in [0.15, 0.2) is 54.6 Å². The molecular formula is C17H20N6S. The molecule has 2 aromatic carbocycles. The van der Waals surface area contributed by atoms with Gasteiger partial charge in [0.25, 0.3) is 0 Å². The van der Waals surface area contributed by atoms with Gasteiger partial charge in [-0.05, 0) is 17.7 Å². The van der Waals surface area contributed by atoms with Gasteiger partial charge in [0.2, 0.25) is 0 Å². The van der Waals surface area contributed by atoms with Crippen molar-refractivity contribution in [3.05, 3.63) is 60.2 Å². The molecule has 3 heterocycles. The summed E-state index contributed by atoms with van der Waals surface area (Å²) in [6, 6.07) is 19.1. The lowest BCUT2D eigenvalue weighted by Gasteiger charge is -2.27. The van der Waals surface area contributed by atoms with Crippen LogP contribution in [-0.2, 0) is 0 Å². The van der Waals surface area contributed by atoms with Crippen molar-refractivity contribution in [2.75, 3.05) is 23.4 Å². The van der Waals surface area contributed by atoms with Gasteiger partial charge >= 0.3 is 0 Å². The van der Waals surface area contributed by atoms with Crippen LogP contribution in [-0.4, -0.2) is 29.9 Å². The molecule has 3 aliphatic rings. The molecule has 7 heteroatoms. The molecule has 2 fully saturated rings. The maximum absolute atomic E-state index is 3.64. The van der Waals surface area contributed by atoms with Crippen molar-refractivity contribution >= 4 is 23.1 Å². The maximum atomic E-state index is 3.64. The minimum absolute atomic E-state index is 0.212. The number of nitrogens with one attached hydrogen (secondary N) is 4. The number of fused-ring (bicyclic) bond motifs is 2. The van der Waals surface area contributed by atoms with Crippen molar-refractivity contribution in [1.29, 1.82) is 0 Å². The Morgan fingerprint density at radius 3 is 2.75 bits per heavy atom. The van der Waals surface area contributed by atoms with Crippen molar-refractivity contribution in [3.63, 3.8) is 0 Å². The Morgan fingerprint density at radius 1 is 1.00 bits per heavy atom. The quantitative estimate of drug-likeness (QED) is 0.680. The Labute approximate surface area is 145 Å². The van der Waals surface area contributed by atoms with Gasteiger partial charge in [0, 0.05) is 0 Å². The van der Waals surface area contributed by atoms with Gasteiger partial charge < -0.3 is 10.2 Å². The van der Waals surface area contributed by atoms with Crippen molar-refractivity contribution in [1.82, 2.24) is 21.3 Å². The molecule has 0 radical (unpaired) electrons. The molecule has 3 unspecified atom stereocenters. The van der Waals surface area contributed by atoms with E-state index < -0.39 is 0 Å². The van der Waals surface area contributed by atoms with Crippen LogP contribution >= 0.6 is 11.8 Å². The fraction of sp³-hybridized carbons (Fsp3) is 0.294. The second kappa shape index (κ2) is 5.94. The van der Waals surface area contributed by atoms with Crippen LogP contribution in [0.3, 0.4) is 0 Å². The van der Waals surface area contributed by atoms with Crippen molar-refractivity contribution in [2.45, 2.75) is 17.0 Å². The highest BCUT2D eigenvalue weighted by Gasteiger charge is 2.43. The van der Waals surface area contributed by atoms with E-state index in [9.17, 15) is 0 Å². The summed E-state index contributed by atoms with van der Waals surface area (Å²) in [5.74, 6) is 0. The van der Waals surface area contributed by atoms with Gasteiger partial charge in [0.1, 0.15) is 11.7 Å². The van der Waals surface area contributed by atoms with Crippen LogP contribution in [0, 0.1) is 0 Å². The third-order valence-electron chi connectivity index (χ3n) is 4.69. The number of thioether (sulfide) groups is 1. The molecule has 0 saturated carbocycles. The number of hydrogen-bond acceptors (Lipinski definition) is 7. The lowest BCUT2D eigenvalue weighted by Crippen LogP contribution is -2.50. The molecule has 2 aromatic rings. The summed E-state index contributed by atoms with van der Waals surface area (Å²) in [4.78, 5) is 2.37. The molecule has 2 saturated heterocycles. The summed E-state index contributed by atoms with van der Waals surface area (Å²) in [6.45, 7) is 1.76. The van der Waals surface area contributed by atoms with Gasteiger partial charge in [-0.3, -0.25) is 0 Å². The number of para-hydroxylation sites is 2. The second-order valence-corrected chi connectivity index (χ2v) is 7.38. The van der Waals surface area contributed by atoms with Crippen LogP contribution in [0.1, 0.15) is 10.9 Å². The van der Waals surface area contributed by atoms with Gasteiger partial charge in [-0.2, -0.15) is 5.01 Å². The van der Waals surface area contributed by atoms with Crippen LogP contribution in [0.5, 0.6) is 0 Å². The predicted octanol–water partition coefficient (Wildman–Crippen LogP) is 1.85. The third kappa shape index (κ3) is 2.45. The Morgan fingerprint density at radius 2 is 1.83 bits per heavy atom. The first-order valence-electron chi connectivity index (χ1n) is 8.22. The van der Waals surface area contributed by atoms with E-state index in [0.717, 1.165) is 13.2 Å². The van der Waals surface area contributed by atoms with Crippen LogP contribution < -0.4 is 26.5 Å². The fourth-order valence-electron chi connectivity index (χ4n) is 3.47. The van der Waals surface area contributed by atoms with Crippen molar-refractivity contribution in [3.8, 4) is 0 Å². The van der Waals surface area contributed by atoms with E-state index in [-0.39, 0.29) is 17.0 Å². The summed E-state index contributed by atoms with van der Waals surface area (Å²) >= 11 is 1.89. The Bertz CT molecular complexity index is 726. The van der Waals surface area contributed by atoms with E-state index >= 15 is 0 Å². The zero-order valence-corrected chi connectivity index (χ0v) is 14.0.